The van der Waals surface area contributed by atoms with Crippen LogP contribution in [0, 0.1) is 6.92 Å². The van der Waals surface area contributed by atoms with Gasteiger partial charge in [0.25, 0.3) is 0 Å². The lowest BCUT2D eigenvalue weighted by Gasteiger charge is -2.20. The third-order valence-electron chi connectivity index (χ3n) is 4.07. The molecule has 3 heteroatoms. The van der Waals surface area contributed by atoms with E-state index in [1.54, 1.807) is 0 Å². The molecule has 0 saturated carbocycles. The van der Waals surface area contributed by atoms with Gasteiger partial charge in [0, 0.05) is 18.2 Å². The number of pyridine rings is 1. The Labute approximate surface area is 102 Å². The molecule has 2 saturated heterocycles. The molecule has 1 aromatic rings. The highest BCUT2D eigenvalue weighted by atomic mass is 35.5. The third-order valence-corrected chi connectivity index (χ3v) is 4.47. The first-order valence-corrected chi connectivity index (χ1v) is 6.49. The number of rotatable bonds is 1. The second-order valence-electron chi connectivity index (χ2n) is 5.02. The summed E-state index contributed by atoms with van der Waals surface area (Å²) in [5, 5.41) is 0.644. The third kappa shape index (κ3) is 1.64. The minimum atomic E-state index is 0.644. The number of nitrogens with zero attached hydrogens (tertiary/aromatic N) is 2. The molecular weight excluding hydrogens is 220 g/mol. The van der Waals surface area contributed by atoms with E-state index in [0.29, 0.717) is 11.1 Å². The minimum absolute atomic E-state index is 0.644. The summed E-state index contributed by atoms with van der Waals surface area (Å²) >= 11 is 5.98. The van der Waals surface area contributed by atoms with Gasteiger partial charge in [-0.1, -0.05) is 17.7 Å². The molecule has 16 heavy (non-hydrogen) atoms. The van der Waals surface area contributed by atoms with Crippen LogP contribution in [0.25, 0.3) is 0 Å². The van der Waals surface area contributed by atoms with Gasteiger partial charge < -0.3 is 0 Å². The molecule has 2 atom stereocenters. The van der Waals surface area contributed by atoms with Gasteiger partial charge in [0.2, 0.25) is 0 Å². The fourth-order valence-electron chi connectivity index (χ4n) is 3.25. The molecular formula is C13H17ClN2. The molecule has 2 aliphatic heterocycles. The van der Waals surface area contributed by atoms with E-state index in [2.05, 4.69) is 16.0 Å². The van der Waals surface area contributed by atoms with E-state index in [0.717, 1.165) is 11.6 Å². The highest BCUT2D eigenvalue weighted by molar-refractivity contribution is 6.30. The number of fused-ring (bicyclic) bond motifs is 1. The average Bonchev–Trinajstić information content (AvgIpc) is 2.83. The lowest BCUT2D eigenvalue weighted by molar-refractivity contribution is 0.314. The lowest BCUT2D eigenvalue weighted by Crippen LogP contribution is -2.25. The zero-order chi connectivity index (χ0) is 11.1. The first-order chi connectivity index (χ1) is 7.75. The highest BCUT2D eigenvalue weighted by Gasteiger charge is 2.37. The summed E-state index contributed by atoms with van der Waals surface area (Å²) in [5.74, 6) is 0.686. The normalized spacial score (nSPS) is 29.6. The zero-order valence-electron chi connectivity index (χ0n) is 9.62. The predicted molar refractivity (Wildman–Crippen MR) is 65.9 cm³/mol. The van der Waals surface area contributed by atoms with Gasteiger partial charge in [-0.3, -0.25) is 4.90 Å². The second kappa shape index (κ2) is 4.01. The van der Waals surface area contributed by atoms with Crippen LogP contribution in [0.1, 0.15) is 36.3 Å². The van der Waals surface area contributed by atoms with E-state index in [-0.39, 0.29) is 0 Å². The van der Waals surface area contributed by atoms with Gasteiger partial charge in [-0.25, -0.2) is 4.98 Å². The van der Waals surface area contributed by atoms with Gasteiger partial charge in [0.1, 0.15) is 5.15 Å². The molecule has 0 amide bonds. The molecule has 2 unspecified atom stereocenters. The maximum Gasteiger partial charge on any atom is 0.131 e. The standard InChI is InChI=1S/C13H17ClN2/c1-9-7-10(8-15-13(9)14)11-4-6-16-5-2-3-12(11)16/h7-8,11-12H,2-6H2,1H3. The molecule has 0 spiro atoms. The Bertz CT molecular complexity index is 405. The predicted octanol–water partition coefficient (Wildman–Crippen LogP) is 3.00. The summed E-state index contributed by atoms with van der Waals surface area (Å²) in [6.45, 7) is 4.60. The number of hydrogen-bond acceptors (Lipinski definition) is 2. The highest BCUT2D eigenvalue weighted by Crippen LogP contribution is 2.39. The Morgan fingerprint density at radius 1 is 1.38 bits per heavy atom. The van der Waals surface area contributed by atoms with Crippen molar-refractivity contribution in [3.63, 3.8) is 0 Å². The van der Waals surface area contributed by atoms with Crippen LogP contribution in [0.15, 0.2) is 12.3 Å². The number of aromatic nitrogens is 1. The first kappa shape index (κ1) is 10.5. The first-order valence-electron chi connectivity index (χ1n) is 6.12. The summed E-state index contributed by atoms with van der Waals surface area (Å²) < 4.78 is 0. The van der Waals surface area contributed by atoms with Crippen LogP contribution in [0.3, 0.4) is 0 Å². The van der Waals surface area contributed by atoms with Crippen molar-refractivity contribution in [3.8, 4) is 0 Å². The van der Waals surface area contributed by atoms with E-state index < -0.39 is 0 Å². The van der Waals surface area contributed by atoms with Crippen LogP contribution < -0.4 is 0 Å². The van der Waals surface area contributed by atoms with Crippen molar-refractivity contribution < 1.29 is 0 Å². The Morgan fingerprint density at radius 2 is 2.25 bits per heavy atom. The largest absolute Gasteiger partial charge is 0.300 e. The number of hydrogen-bond donors (Lipinski definition) is 0. The van der Waals surface area contributed by atoms with Crippen molar-refractivity contribution in [2.75, 3.05) is 13.1 Å². The maximum atomic E-state index is 5.98. The molecule has 0 radical (unpaired) electrons. The second-order valence-corrected chi connectivity index (χ2v) is 5.38. The van der Waals surface area contributed by atoms with Gasteiger partial charge >= 0.3 is 0 Å². The smallest absolute Gasteiger partial charge is 0.131 e. The van der Waals surface area contributed by atoms with Crippen LogP contribution in [0.4, 0.5) is 0 Å². The monoisotopic (exact) mass is 236 g/mol. The SMILES string of the molecule is Cc1cc(C2CCN3CCCC23)cnc1Cl. The zero-order valence-corrected chi connectivity index (χ0v) is 10.4. The van der Waals surface area contributed by atoms with Crippen LogP contribution in [-0.2, 0) is 0 Å². The topological polar surface area (TPSA) is 16.1 Å². The lowest BCUT2D eigenvalue weighted by atomic mass is 9.91. The maximum absolute atomic E-state index is 5.98. The Balaban J connectivity index is 1.89. The summed E-state index contributed by atoms with van der Waals surface area (Å²) in [6, 6.07) is 2.99. The molecule has 2 aliphatic rings. The summed E-state index contributed by atoms with van der Waals surface area (Å²) in [7, 11) is 0. The van der Waals surface area contributed by atoms with E-state index in [4.69, 9.17) is 11.6 Å². The van der Waals surface area contributed by atoms with Gasteiger partial charge in [-0.15, -0.1) is 0 Å². The van der Waals surface area contributed by atoms with Gasteiger partial charge in [-0.2, -0.15) is 0 Å². The summed E-state index contributed by atoms with van der Waals surface area (Å²) in [6.07, 6.45) is 5.97. The molecule has 2 nitrogen and oxygen atoms in total. The quantitative estimate of drug-likeness (QED) is 0.697. The summed E-state index contributed by atoms with van der Waals surface area (Å²) in [4.78, 5) is 6.92. The van der Waals surface area contributed by atoms with Gasteiger partial charge in [-0.05, 0) is 50.4 Å². The van der Waals surface area contributed by atoms with Crippen molar-refractivity contribution in [1.82, 2.24) is 9.88 Å². The molecule has 2 fully saturated rings. The Kier molecular flexibility index (Phi) is 2.64. The Hall–Kier alpha value is -0.600. The van der Waals surface area contributed by atoms with Crippen molar-refractivity contribution in [2.45, 2.75) is 38.1 Å². The number of halogens is 1. The molecule has 0 bridgehead atoms. The van der Waals surface area contributed by atoms with Crippen molar-refractivity contribution in [2.24, 2.45) is 0 Å². The summed E-state index contributed by atoms with van der Waals surface area (Å²) in [5.41, 5.74) is 2.49. The van der Waals surface area contributed by atoms with Crippen molar-refractivity contribution in [1.29, 1.82) is 0 Å². The molecule has 3 rings (SSSR count). The van der Waals surface area contributed by atoms with Gasteiger partial charge in [0.05, 0.1) is 0 Å². The van der Waals surface area contributed by atoms with Gasteiger partial charge in [0.15, 0.2) is 0 Å². The van der Waals surface area contributed by atoms with Crippen LogP contribution in [0.5, 0.6) is 0 Å². The van der Waals surface area contributed by atoms with E-state index in [1.165, 1.54) is 37.9 Å². The van der Waals surface area contributed by atoms with Crippen LogP contribution in [0.2, 0.25) is 5.15 Å². The molecule has 0 aromatic carbocycles. The average molecular weight is 237 g/mol. The fourth-order valence-corrected chi connectivity index (χ4v) is 3.36. The number of aryl methyl sites for hydroxylation is 1. The molecule has 0 N–H and O–H groups in total. The van der Waals surface area contributed by atoms with E-state index >= 15 is 0 Å². The van der Waals surface area contributed by atoms with Crippen LogP contribution >= 0.6 is 11.6 Å². The Morgan fingerprint density at radius 3 is 3.06 bits per heavy atom. The van der Waals surface area contributed by atoms with E-state index in [1.807, 2.05) is 13.1 Å². The van der Waals surface area contributed by atoms with Crippen molar-refractivity contribution in [3.05, 3.63) is 28.5 Å². The molecule has 0 aliphatic carbocycles. The van der Waals surface area contributed by atoms with E-state index in [9.17, 15) is 0 Å². The molecule has 1 aromatic heterocycles. The van der Waals surface area contributed by atoms with Crippen LogP contribution in [-0.4, -0.2) is 29.0 Å². The molecule has 86 valence electrons. The minimum Gasteiger partial charge on any atom is -0.300 e. The fraction of sp³-hybridized carbons (Fsp3) is 0.615. The van der Waals surface area contributed by atoms with Crippen molar-refractivity contribution >= 4 is 11.6 Å². The molecule has 3 heterocycles.